The Morgan fingerprint density at radius 3 is 2.71 bits per heavy atom. The van der Waals surface area contributed by atoms with Gasteiger partial charge in [0.05, 0.1) is 12.6 Å². The minimum atomic E-state index is -0.452. The van der Waals surface area contributed by atoms with Crippen molar-refractivity contribution in [3.05, 3.63) is 41.1 Å². The Labute approximate surface area is 81.7 Å². The summed E-state index contributed by atoms with van der Waals surface area (Å²) in [5, 5.41) is 12.2. The quantitative estimate of drug-likeness (QED) is 0.625. The van der Waals surface area contributed by atoms with Crippen molar-refractivity contribution in [2.24, 2.45) is 0 Å². The Hall–Kier alpha value is -1.39. The summed E-state index contributed by atoms with van der Waals surface area (Å²) in [6.07, 6.45) is 0. The molecule has 0 N–H and O–H groups in total. The molecular weight excluding hydrogens is 182 g/mol. The molecule has 1 heterocycles. The molecule has 14 heavy (non-hydrogen) atoms. The van der Waals surface area contributed by atoms with Gasteiger partial charge in [-0.15, -0.1) is 0 Å². The molecular formula is C10H10NO3-. The van der Waals surface area contributed by atoms with Crippen molar-refractivity contribution in [3.63, 3.8) is 0 Å². The molecule has 0 radical (unpaired) electrons. The first kappa shape index (κ1) is 9.18. The summed E-state index contributed by atoms with van der Waals surface area (Å²) in [5.41, 5.74) is 0.884. The van der Waals surface area contributed by atoms with Crippen LogP contribution in [-0.4, -0.2) is 24.2 Å². The number of benzene rings is 1. The Morgan fingerprint density at radius 1 is 1.36 bits per heavy atom. The maximum Gasteiger partial charge on any atom is 0.319 e. The van der Waals surface area contributed by atoms with Gasteiger partial charge in [-0.05, 0) is 5.56 Å². The normalized spacial score (nSPS) is 23.2. The van der Waals surface area contributed by atoms with E-state index in [1.165, 1.54) is 0 Å². The summed E-state index contributed by atoms with van der Waals surface area (Å²) in [5.74, 6) is -0.452. The number of hydroxylamine groups is 2. The van der Waals surface area contributed by atoms with Crippen LogP contribution in [0.4, 0.5) is 0 Å². The van der Waals surface area contributed by atoms with E-state index in [0.29, 0.717) is 0 Å². The number of esters is 1. The molecule has 0 aliphatic carbocycles. The molecule has 1 atom stereocenters. The predicted molar refractivity (Wildman–Crippen MR) is 50.2 cm³/mol. The fourth-order valence-electron chi connectivity index (χ4n) is 1.48. The maximum absolute atomic E-state index is 11.4. The smallest absolute Gasteiger partial charge is 0.319 e. The van der Waals surface area contributed by atoms with E-state index in [1.54, 1.807) is 0 Å². The van der Waals surface area contributed by atoms with Crippen molar-refractivity contribution >= 4 is 5.97 Å². The van der Waals surface area contributed by atoms with Gasteiger partial charge in [0, 0.05) is 0 Å². The van der Waals surface area contributed by atoms with Crippen LogP contribution in [-0.2, 0) is 9.53 Å². The summed E-state index contributed by atoms with van der Waals surface area (Å²) >= 11 is 0. The number of carbonyl (C=O) groups is 1. The van der Waals surface area contributed by atoms with E-state index in [2.05, 4.69) is 0 Å². The van der Waals surface area contributed by atoms with Crippen LogP contribution in [0.15, 0.2) is 30.3 Å². The van der Waals surface area contributed by atoms with E-state index in [-0.39, 0.29) is 19.2 Å². The number of hydrogen-bond acceptors (Lipinski definition) is 4. The van der Waals surface area contributed by atoms with Crippen LogP contribution in [0.3, 0.4) is 0 Å². The first-order valence-corrected chi connectivity index (χ1v) is 4.42. The molecule has 1 aliphatic heterocycles. The Balaban J connectivity index is 2.16. The molecule has 0 saturated carbocycles. The van der Waals surface area contributed by atoms with Gasteiger partial charge in [-0.1, -0.05) is 30.3 Å². The van der Waals surface area contributed by atoms with Gasteiger partial charge >= 0.3 is 5.97 Å². The summed E-state index contributed by atoms with van der Waals surface area (Å²) in [6, 6.07) is 8.96. The van der Waals surface area contributed by atoms with Crippen LogP contribution in [0.5, 0.6) is 0 Å². The first-order chi connectivity index (χ1) is 6.77. The SMILES string of the molecule is O=C1CN([O-])C(c2ccccc2)CO1. The maximum atomic E-state index is 11.4. The first-order valence-electron chi connectivity index (χ1n) is 4.42. The van der Waals surface area contributed by atoms with Crippen molar-refractivity contribution in [2.45, 2.75) is 6.04 Å². The molecule has 1 unspecified atom stereocenters. The zero-order chi connectivity index (χ0) is 9.97. The highest BCUT2D eigenvalue weighted by Crippen LogP contribution is 2.22. The molecule has 1 aromatic carbocycles. The number of rotatable bonds is 1. The van der Waals surface area contributed by atoms with Gasteiger partial charge in [-0.3, -0.25) is 4.79 Å². The third-order valence-corrected chi connectivity index (χ3v) is 2.22. The van der Waals surface area contributed by atoms with Crippen molar-refractivity contribution < 1.29 is 9.53 Å². The van der Waals surface area contributed by atoms with Crippen molar-refractivity contribution in [1.29, 1.82) is 0 Å². The topological polar surface area (TPSA) is 52.6 Å². The number of cyclic esters (lactones) is 1. The third kappa shape index (κ3) is 1.76. The van der Waals surface area contributed by atoms with Gasteiger partial charge in [0.15, 0.2) is 0 Å². The van der Waals surface area contributed by atoms with Crippen molar-refractivity contribution in [1.82, 2.24) is 5.06 Å². The second-order valence-corrected chi connectivity index (χ2v) is 3.18. The lowest BCUT2D eigenvalue weighted by molar-refractivity contribution is -0.152. The largest absolute Gasteiger partial charge is 0.784 e. The Kier molecular flexibility index (Phi) is 2.47. The lowest BCUT2D eigenvalue weighted by Gasteiger charge is -2.39. The van der Waals surface area contributed by atoms with E-state index in [4.69, 9.17) is 4.74 Å². The monoisotopic (exact) mass is 192 g/mol. The fraction of sp³-hybridized carbons (Fsp3) is 0.300. The molecule has 4 nitrogen and oxygen atoms in total. The molecule has 4 heteroatoms. The molecule has 1 fully saturated rings. The lowest BCUT2D eigenvalue weighted by atomic mass is 10.1. The van der Waals surface area contributed by atoms with Gasteiger partial charge in [0.1, 0.15) is 6.61 Å². The highest BCUT2D eigenvalue weighted by molar-refractivity contribution is 5.72. The number of ether oxygens (including phenoxy) is 1. The summed E-state index contributed by atoms with van der Waals surface area (Å²) in [6.45, 7) is -0.0358. The van der Waals surface area contributed by atoms with Gasteiger partial charge in [-0.2, -0.15) is 0 Å². The summed E-state index contributed by atoms with van der Waals surface area (Å²) in [4.78, 5) is 10.8. The average molecular weight is 192 g/mol. The van der Waals surface area contributed by atoms with Crippen LogP contribution < -0.4 is 0 Å². The van der Waals surface area contributed by atoms with Crippen molar-refractivity contribution in [2.75, 3.05) is 13.2 Å². The highest BCUT2D eigenvalue weighted by atomic mass is 16.6. The lowest BCUT2D eigenvalue weighted by Crippen LogP contribution is -2.38. The zero-order valence-corrected chi connectivity index (χ0v) is 7.55. The number of morpholine rings is 1. The molecule has 0 amide bonds. The van der Waals surface area contributed by atoms with E-state index in [1.807, 2.05) is 30.3 Å². The fourth-order valence-corrected chi connectivity index (χ4v) is 1.48. The van der Waals surface area contributed by atoms with Crippen LogP contribution >= 0.6 is 0 Å². The second-order valence-electron chi connectivity index (χ2n) is 3.18. The number of carbonyl (C=O) groups excluding carboxylic acids is 1. The molecule has 1 aromatic rings. The Bertz CT molecular complexity index is 325. The minimum absolute atomic E-state index is 0.145. The molecule has 2 rings (SSSR count). The van der Waals surface area contributed by atoms with Crippen LogP contribution in [0.25, 0.3) is 0 Å². The summed E-state index contributed by atoms with van der Waals surface area (Å²) in [7, 11) is 0. The number of hydrogen-bond donors (Lipinski definition) is 0. The van der Waals surface area contributed by atoms with Gasteiger partial charge in [0.2, 0.25) is 0 Å². The van der Waals surface area contributed by atoms with E-state index in [0.717, 1.165) is 10.6 Å². The minimum Gasteiger partial charge on any atom is -0.784 e. The van der Waals surface area contributed by atoms with E-state index in [9.17, 15) is 10.0 Å². The molecule has 0 aromatic heterocycles. The second kappa shape index (κ2) is 3.77. The molecule has 1 saturated heterocycles. The average Bonchev–Trinajstić information content (AvgIpc) is 2.19. The van der Waals surface area contributed by atoms with Gasteiger partial charge in [0.25, 0.3) is 0 Å². The number of nitrogens with zero attached hydrogens (tertiary/aromatic N) is 1. The standard InChI is InChI=1S/C10H10NO3/c12-10-6-11(13)9(7-14-10)8-4-2-1-3-5-8/h1-5,9H,6-7H2/q-1. The van der Waals surface area contributed by atoms with E-state index >= 15 is 0 Å². The Morgan fingerprint density at radius 2 is 2.07 bits per heavy atom. The molecule has 1 aliphatic rings. The highest BCUT2D eigenvalue weighted by Gasteiger charge is 2.22. The van der Waals surface area contributed by atoms with Crippen LogP contribution in [0.1, 0.15) is 11.6 Å². The van der Waals surface area contributed by atoms with Crippen LogP contribution in [0.2, 0.25) is 0 Å². The molecule has 74 valence electrons. The van der Waals surface area contributed by atoms with Gasteiger partial charge < -0.3 is 15.0 Å². The predicted octanol–water partition coefficient (Wildman–Crippen LogP) is 1.08. The van der Waals surface area contributed by atoms with Crippen LogP contribution in [0, 0.1) is 5.21 Å². The zero-order valence-electron chi connectivity index (χ0n) is 7.55. The van der Waals surface area contributed by atoms with Gasteiger partial charge in [-0.25, -0.2) is 0 Å². The molecule has 0 spiro atoms. The molecule has 0 bridgehead atoms. The summed E-state index contributed by atoms with van der Waals surface area (Å²) < 4.78 is 4.83. The van der Waals surface area contributed by atoms with E-state index < -0.39 is 5.97 Å². The third-order valence-electron chi connectivity index (χ3n) is 2.22. The van der Waals surface area contributed by atoms with Crippen molar-refractivity contribution in [3.8, 4) is 0 Å².